The van der Waals surface area contributed by atoms with E-state index in [0.29, 0.717) is 6.54 Å². The topological polar surface area (TPSA) is 29.5 Å². The van der Waals surface area contributed by atoms with Crippen molar-refractivity contribution in [3.8, 4) is 0 Å². The fraction of sp³-hybridized carbons (Fsp3) is 0.588. The standard InChI is InChI=1S/C17H23NO2/c1-18(12-16-7-4-10-20-16)17(19)15-9-8-13-5-2-3-6-14(13)11-15/h8-9,11,16H,2-7,10,12H2,1H3. The van der Waals surface area contributed by atoms with Gasteiger partial charge < -0.3 is 9.64 Å². The van der Waals surface area contributed by atoms with Crippen molar-refractivity contribution in [2.45, 2.75) is 44.6 Å². The summed E-state index contributed by atoms with van der Waals surface area (Å²) < 4.78 is 5.61. The van der Waals surface area contributed by atoms with E-state index in [9.17, 15) is 4.79 Å². The molecule has 0 aromatic heterocycles. The van der Waals surface area contributed by atoms with Gasteiger partial charge in [0.15, 0.2) is 0 Å². The molecule has 1 saturated heterocycles. The summed E-state index contributed by atoms with van der Waals surface area (Å²) in [7, 11) is 1.88. The van der Waals surface area contributed by atoms with Gasteiger partial charge in [0.1, 0.15) is 0 Å². The smallest absolute Gasteiger partial charge is 0.253 e. The molecular weight excluding hydrogens is 250 g/mol. The zero-order valence-corrected chi connectivity index (χ0v) is 12.2. The molecule has 1 heterocycles. The van der Waals surface area contributed by atoms with Gasteiger partial charge in [-0.3, -0.25) is 4.79 Å². The summed E-state index contributed by atoms with van der Waals surface area (Å²) in [5, 5.41) is 0. The van der Waals surface area contributed by atoms with Gasteiger partial charge in [0.2, 0.25) is 0 Å². The van der Waals surface area contributed by atoms with E-state index in [1.54, 1.807) is 4.90 Å². The Morgan fingerprint density at radius 1 is 1.25 bits per heavy atom. The molecule has 3 heteroatoms. The summed E-state index contributed by atoms with van der Waals surface area (Å²) in [6.45, 7) is 1.54. The van der Waals surface area contributed by atoms with Gasteiger partial charge >= 0.3 is 0 Å². The van der Waals surface area contributed by atoms with Gasteiger partial charge in [-0.05, 0) is 61.8 Å². The second-order valence-electron chi connectivity index (χ2n) is 6.01. The van der Waals surface area contributed by atoms with Crippen molar-refractivity contribution in [3.63, 3.8) is 0 Å². The first-order valence-corrected chi connectivity index (χ1v) is 7.73. The van der Waals surface area contributed by atoms with Crippen LogP contribution in [0.15, 0.2) is 18.2 Å². The Kier molecular flexibility index (Phi) is 4.06. The van der Waals surface area contributed by atoms with Crippen LogP contribution in [0.2, 0.25) is 0 Å². The molecule has 1 aromatic rings. The van der Waals surface area contributed by atoms with Gasteiger partial charge in [0.25, 0.3) is 5.91 Å². The average Bonchev–Trinajstić information content (AvgIpc) is 2.99. The number of fused-ring (bicyclic) bond motifs is 1. The molecule has 0 N–H and O–H groups in total. The minimum absolute atomic E-state index is 0.119. The van der Waals surface area contributed by atoms with Crippen LogP contribution in [0, 0.1) is 0 Å². The number of rotatable bonds is 3. The number of carbonyl (C=O) groups excluding carboxylic acids is 1. The lowest BCUT2D eigenvalue weighted by molar-refractivity contribution is 0.0587. The van der Waals surface area contributed by atoms with E-state index >= 15 is 0 Å². The third-order valence-electron chi connectivity index (χ3n) is 4.44. The van der Waals surface area contributed by atoms with Crippen molar-refractivity contribution in [1.29, 1.82) is 0 Å². The Balaban J connectivity index is 1.69. The minimum atomic E-state index is 0.119. The highest BCUT2D eigenvalue weighted by Crippen LogP contribution is 2.23. The zero-order chi connectivity index (χ0) is 13.9. The average molecular weight is 273 g/mol. The van der Waals surface area contributed by atoms with E-state index in [2.05, 4.69) is 12.1 Å². The van der Waals surface area contributed by atoms with Crippen LogP contribution in [-0.2, 0) is 17.6 Å². The van der Waals surface area contributed by atoms with E-state index in [1.807, 2.05) is 13.1 Å². The zero-order valence-electron chi connectivity index (χ0n) is 12.2. The molecule has 2 aliphatic rings. The third kappa shape index (κ3) is 2.88. The van der Waals surface area contributed by atoms with Crippen LogP contribution in [0.4, 0.5) is 0 Å². The Hall–Kier alpha value is -1.35. The van der Waals surface area contributed by atoms with Crippen molar-refractivity contribution in [3.05, 3.63) is 34.9 Å². The molecule has 1 aromatic carbocycles. The molecule has 3 nitrogen and oxygen atoms in total. The van der Waals surface area contributed by atoms with E-state index in [0.717, 1.165) is 37.9 Å². The molecule has 0 bridgehead atoms. The summed E-state index contributed by atoms with van der Waals surface area (Å²) in [5.74, 6) is 0.119. The van der Waals surface area contributed by atoms with Gasteiger partial charge in [-0.15, -0.1) is 0 Å². The monoisotopic (exact) mass is 273 g/mol. The predicted molar refractivity (Wildman–Crippen MR) is 79.0 cm³/mol. The number of amides is 1. The second-order valence-corrected chi connectivity index (χ2v) is 6.01. The van der Waals surface area contributed by atoms with Gasteiger partial charge in [-0.2, -0.15) is 0 Å². The summed E-state index contributed by atoms with van der Waals surface area (Å²) in [4.78, 5) is 14.3. The molecule has 3 rings (SSSR count). The van der Waals surface area contributed by atoms with E-state index in [-0.39, 0.29) is 12.0 Å². The predicted octanol–water partition coefficient (Wildman–Crippen LogP) is 2.82. The Morgan fingerprint density at radius 3 is 2.80 bits per heavy atom. The van der Waals surface area contributed by atoms with E-state index < -0.39 is 0 Å². The molecule has 1 fully saturated rings. The van der Waals surface area contributed by atoms with Crippen LogP contribution in [0.25, 0.3) is 0 Å². The SMILES string of the molecule is CN(CC1CCCO1)C(=O)c1ccc2c(c1)CCCC2. The van der Waals surface area contributed by atoms with Crippen LogP contribution in [0.5, 0.6) is 0 Å². The number of aryl methyl sites for hydroxylation is 2. The molecule has 0 saturated carbocycles. The fourth-order valence-electron chi connectivity index (χ4n) is 3.26. The summed E-state index contributed by atoms with van der Waals surface area (Å²) >= 11 is 0. The second kappa shape index (κ2) is 5.96. The summed E-state index contributed by atoms with van der Waals surface area (Å²) in [6, 6.07) is 6.23. The summed E-state index contributed by atoms with van der Waals surface area (Å²) in [6.07, 6.45) is 7.21. The van der Waals surface area contributed by atoms with Crippen LogP contribution in [0.3, 0.4) is 0 Å². The highest BCUT2D eigenvalue weighted by molar-refractivity contribution is 5.94. The third-order valence-corrected chi connectivity index (χ3v) is 4.44. The van der Waals surface area contributed by atoms with Crippen molar-refractivity contribution in [2.75, 3.05) is 20.2 Å². The molecule has 0 radical (unpaired) electrons. The van der Waals surface area contributed by atoms with Crippen molar-refractivity contribution < 1.29 is 9.53 Å². The minimum Gasteiger partial charge on any atom is -0.376 e. The summed E-state index contributed by atoms with van der Waals surface area (Å²) in [5.41, 5.74) is 3.62. The Labute approximate surface area is 120 Å². The molecule has 1 amide bonds. The molecular formula is C17H23NO2. The maximum Gasteiger partial charge on any atom is 0.253 e. The van der Waals surface area contributed by atoms with Crippen LogP contribution in [0.1, 0.15) is 47.2 Å². The molecule has 1 unspecified atom stereocenters. The Bertz CT molecular complexity index is 492. The van der Waals surface area contributed by atoms with Gasteiger partial charge in [0, 0.05) is 25.8 Å². The van der Waals surface area contributed by atoms with Crippen LogP contribution in [-0.4, -0.2) is 37.1 Å². The van der Waals surface area contributed by atoms with Gasteiger partial charge in [0.05, 0.1) is 6.10 Å². The highest BCUT2D eigenvalue weighted by Gasteiger charge is 2.21. The molecule has 1 atom stereocenters. The first-order chi connectivity index (χ1) is 9.74. The normalized spacial score (nSPS) is 21.6. The lowest BCUT2D eigenvalue weighted by Gasteiger charge is -2.22. The number of benzene rings is 1. The van der Waals surface area contributed by atoms with Crippen LogP contribution < -0.4 is 0 Å². The number of carbonyl (C=O) groups is 1. The lowest BCUT2D eigenvalue weighted by Crippen LogP contribution is -2.34. The van der Waals surface area contributed by atoms with Crippen molar-refractivity contribution >= 4 is 5.91 Å². The molecule has 1 aliphatic carbocycles. The first kappa shape index (κ1) is 13.6. The molecule has 1 aliphatic heterocycles. The number of nitrogens with zero attached hydrogens (tertiary/aromatic N) is 1. The largest absolute Gasteiger partial charge is 0.376 e. The van der Waals surface area contributed by atoms with Crippen molar-refractivity contribution in [2.24, 2.45) is 0 Å². The quantitative estimate of drug-likeness (QED) is 0.847. The van der Waals surface area contributed by atoms with Gasteiger partial charge in [-0.1, -0.05) is 6.07 Å². The van der Waals surface area contributed by atoms with Gasteiger partial charge in [-0.25, -0.2) is 0 Å². The molecule has 0 spiro atoms. The van der Waals surface area contributed by atoms with E-state index in [1.165, 1.54) is 24.0 Å². The van der Waals surface area contributed by atoms with Crippen molar-refractivity contribution in [1.82, 2.24) is 4.90 Å². The highest BCUT2D eigenvalue weighted by atomic mass is 16.5. The maximum atomic E-state index is 12.5. The lowest BCUT2D eigenvalue weighted by atomic mass is 9.90. The van der Waals surface area contributed by atoms with E-state index in [4.69, 9.17) is 4.74 Å². The number of hydrogen-bond acceptors (Lipinski definition) is 2. The number of ether oxygens (including phenoxy) is 1. The number of hydrogen-bond donors (Lipinski definition) is 0. The molecule has 108 valence electrons. The Morgan fingerprint density at radius 2 is 2.05 bits per heavy atom. The maximum absolute atomic E-state index is 12.5. The first-order valence-electron chi connectivity index (χ1n) is 7.73. The number of likely N-dealkylation sites (N-methyl/N-ethyl adjacent to an activating group) is 1. The van der Waals surface area contributed by atoms with Crippen LogP contribution >= 0.6 is 0 Å². The molecule has 20 heavy (non-hydrogen) atoms. The fourth-order valence-corrected chi connectivity index (χ4v) is 3.26.